The van der Waals surface area contributed by atoms with Gasteiger partial charge in [-0.25, -0.2) is 0 Å². The summed E-state index contributed by atoms with van der Waals surface area (Å²) in [7, 11) is 0. The summed E-state index contributed by atoms with van der Waals surface area (Å²) in [5, 5.41) is 2.70. The lowest BCUT2D eigenvalue weighted by atomic mass is 10.1. The first-order valence-electron chi connectivity index (χ1n) is 7.06. The molecule has 0 heterocycles. The van der Waals surface area contributed by atoms with Crippen molar-refractivity contribution in [2.75, 3.05) is 11.9 Å². The Bertz CT molecular complexity index is 625. The van der Waals surface area contributed by atoms with Crippen LogP contribution in [0.5, 0.6) is 5.75 Å². The molecule has 0 aliphatic carbocycles. The molecule has 2 aromatic rings. The summed E-state index contributed by atoms with van der Waals surface area (Å²) in [4.78, 5) is 11.8. The Morgan fingerprint density at radius 1 is 1.00 bits per heavy atom. The molecule has 0 saturated heterocycles. The number of carbonyl (C=O) groups is 1. The van der Waals surface area contributed by atoms with Gasteiger partial charge in [0.2, 0.25) is 5.91 Å². The number of alkyl halides is 3. The van der Waals surface area contributed by atoms with Crippen LogP contribution < -0.4 is 10.1 Å². The largest absolute Gasteiger partial charge is 0.484 e. The second-order valence-corrected chi connectivity index (χ2v) is 4.96. The standard InChI is InChI=1S/C17H16F3NO2/c18-17(19,20)12-23-15-9-7-14(8-10-15)21-16(22)11-6-13-4-2-1-3-5-13/h1-5,7-10H,6,11-12H2,(H,21,22). The minimum Gasteiger partial charge on any atom is -0.484 e. The average molecular weight is 323 g/mol. The van der Waals surface area contributed by atoms with E-state index in [1.54, 1.807) is 0 Å². The predicted octanol–water partition coefficient (Wildman–Crippen LogP) is 4.20. The molecule has 0 fully saturated rings. The van der Waals surface area contributed by atoms with Gasteiger partial charge in [-0.2, -0.15) is 13.2 Å². The van der Waals surface area contributed by atoms with E-state index in [-0.39, 0.29) is 11.7 Å². The smallest absolute Gasteiger partial charge is 0.422 e. The zero-order valence-electron chi connectivity index (χ0n) is 12.3. The van der Waals surface area contributed by atoms with Crippen molar-refractivity contribution in [2.45, 2.75) is 19.0 Å². The fraction of sp³-hybridized carbons (Fsp3) is 0.235. The van der Waals surface area contributed by atoms with E-state index in [4.69, 9.17) is 0 Å². The van der Waals surface area contributed by atoms with Crippen molar-refractivity contribution in [3.63, 3.8) is 0 Å². The number of carbonyl (C=O) groups excluding carboxylic acids is 1. The van der Waals surface area contributed by atoms with Crippen LogP contribution in [0.4, 0.5) is 18.9 Å². The number of anilines is 1. The molecule has 6 heteroatoms. The van der Waals surface area contributed by atoms with Crippen LogP contribution in [-0.2, 0) is 11.2 Å². The number of halogens is 3. The van der Waals surface area contributed by atoms with Crippen LogP contribution in [0.25, 0.3) is 0 Å². The first-order chi connectivity index (χ1) is 10.9. The van der Waals surface area contributed by atoms with Gasteiger partial charge in [0.25, 0.3) is 0 Å². The Morgan fingerprint density at radius 3 is 2.26 bits per heavy atom. The summed E-state index contributed by atoms with van der Waals surface area (Å²) in [6, 6.07) is 15.4. The molecular weight excluding hydrogens is 307 g/mol. The number of aryl methyl sites for hydroxylation is 1. The normalized spacial score (nSPS) is 11.1. The van der Waals surface area contributed by atoms with E-state index >= 15 is 0 Å². The maximum Gasteiger partial charge on any atom is 0.422 e. The van der Waals surface area contributed by atoms with Gasteiger partial charge < -0.3 is 10.1 Å². The second kappa shape index (κ2) is 7.67. The van der Waals surface area contributed by atoms with Gasteiger partial charge in [0.05, 0.1) is 0 Å². The molecule has 2 rings (SSSR count). The SMILES string of the molecule is O=C(CCc1ccccc1)Nc1ccc(OCC(F)(F)F)cc1. The van der Waals surface area contributed by atoms with Gasteiger partial charge >= 0.3 is 6.18 Å². The molecule has 0 aliphatic rings. The third kappa shape index (κ3) is 6.42. The van der Waals surface area contributed by atoms with Crippen molar-refractivity contribution in [1.82, 2.24) is 0 Å². The molecular formula is C17H16F3NO2. The van der Waals surface area contributed by atoms with E-state index in [1.165, 1.54) is 24.3 Å². The molecule has 1 N–H and O–H groups in total. The van der Waals surface area contributed by atoms with Gasteiger partial charge in [-0.05, 0) is 36.2 Å². The van der Waals surface area contributed by atoms with Crippen molar-refractivity contribution in [3.05, 3.63) is 60.2 Å². The maximum atomic E-state index is 12.0. The van der Waals surface area contributed by atoms with Gasteiger partial charge in [0, 0.05) is 12.1 Å². The number of rotatable bonds is 6. The summed E-state index contributed by atoms with van der Waals surface area (Å²) in [5.41, 5.74) is 1.58. The lowest BCUT2D eigenvalue weighted by Crippen LogP contribution is -2.19. The minimum absolute atomic E-state index is 0.101. The molecule has 0 bridgehead atoms. The number of benzene rings is 2. The lowest BCUT2D eigenvalue weighted by molar-refractivity contribution is -0.153. The molecule has 122 valence electrons. The highest BCUT2D eigenvalue weighted by Crippen LogP contribution is 2.20. The van der Waals surface area contributed by atoms with Crippen LogP contribution in [0.3, 0.4) is 0 Å². The van der Waals surface area contributed by atoms with Crippen LogP contribution in [0.15, 0.2) is 54.6 Å². The molecule has 0 aromatic heterocycles. The fourth-order valence-electron chi connectivity index (χ4n) is 1.93. The van der Waals surface area contributed by atoms with Crippen LogP contribution in [0.2, 0.25) is 0 Å². The molecule has 0 atom stereocenters. The number of ether oxygens (including phenoxy) is 1. The van der Waals surface area contributed by atoms with E-state index in [0.29, 0.717) is 18.5 Å². The number of nitrogens with one attached hydrogen (secondary N) is 1. The van der Waals surface area contributed by atoms with E-state index < -0.39 is 12.8 Å². The van der Waals surface area contributed by atoms with E-state index in [1.807, 2.05) is 30.3 Å². The van der Waals surface area contributed by atoms with Gasteiger partial charge in [-0.3, -0.25) is 4.79 Å². The molecule has 23 heavy (non-hydrogen) atoms. The number of hydrogen-bond acceptors (Lipinski definition) is 2. The van der Waals surface area contributed by atoms with Crippen molar-refractivity contribution in [3.8, 4) is 5.75 Å². The molecule has 3 nitrogen and oxygen atoms in total. The predicted molar refractivity (Wildman–Crippen MR) is 81.4 cm³/mol. The molecule has 0 unspecified atom stereocenters. The summed E-state index contributed by atoms with van der Waals surface area (Å²) in [6.45, 7) is -1.34. The zero-order valence-corrected chi connectivity index (χ0v) is 12.3. The molecule has 2 aromatic carbocycles. The van der Waals surface area contributed by atoms with Gasteiger partial charge in [0.15, 0.2) is 6.61 Å². The molecule has 1 amide bonds. The Morgan fingerprint density at radius 2 is 1.65 bits per heavy atom. The monoisotopic (exact) mass is 323 g/mol. The Hall–Kier alpha value is -2.50. The molecule has 0 spiro atoms. The highest BCUT2D eigenvalue weighted by atomic mass is 19.4. The quantitative estimate of drug-likeness (QED) is 0.865. The van der Waals surface area contributed by atoms with Crippen LogP contribution in [-0.4, -0.2) is 18.7 Å². The van der Waals surface area contributed by atoms with Crippen LogP contribution in [0, 0.1) is 0 Å². The highest BCUT2D eigenvalue weighted by Gasteiger charge is 2.28. The van der Waals surface area contributed by atoms with Crippen molar-refractivity contribution in [2.24, 2.45) is 0 Å². The summed E-state index contributed by atoms with van der Waals surface area (Å²) >= 11 is 0. The average Bonchev–Trinajstić information content (AvgIpc) is 2.53. The number of hydrogen-bond donors (Lipinski definition) is 1. The van der Waals surface area contributed by atoms with Crippen LogP contribution in [0.1, 0.15) is 12.0 Å². The van der Waals surface area contributed by atoms with E-state index in [2.05, 4.69) is 10.1 Å². The highest BCUT2D eigenvalue weighted by molar-refractivity contribution is 5.90. The minimum atomic E-state index is -4.37. The van der Waals surface area contributed by atoms with E-state index in [9.17, 15) is 18.0 Å². The summed E-state index contributed by atoms with van der Waals surface area (Å²) in [6.07, 6.45) is -3.42. The topological polar surface area (TPSA) is 38.3 Å². The van der Waals surface area contributed by atoms with Gasteiger partial charge in [-0.1, -0.05) is 30.3 Å². The summed E-state index contributed by atoms with van der Waals surface area (Å²) < 4.78 is 40.7. The van der Waals surface area contributed by atoms with Gasteiger partial charge in [0.1, 0.15) is 5.75 Å². The first kappa shape index (κ1) is 16.9. The van der Waals surface area contributed by atoms with E-state index in [0.717, 1.165) is 5.56 Å². The first-order valence-corrected chi connectivity index (χ1v) is 7.06. The Balaban J connectivity index is 1.80. The summed E-state index contributed by atoms with van der Waals surface area (Å²) in [5.74, 6) is -0.0533. The molecule has 0 aliphatic heterocycles. The van der Waals surface area contributed by atoms with Crippen molar-refractivity contribution < 1.29 is 22.7 Å². The fourth-order valence-corrected chi connectivity index (χ4v) is 1.93. The van der Waals surface area contributed by atoms with Crippen molar-refractivity contribution in [1.29, 1.82) is 0 Å². The van der Waals surface area contributed by atoms with Crippen LogP contribution >= 0.6 is 0 Å². The third-order valence-corrected chi connectivity index (χ3v) is 3.02. The van der Waals surface area contributed by atoms with Crippen molar-refractivity contribution >= 4 is 11.6 Å². The Labute approximate surface area is 132 Å². The number of amides is 1. The zero-order chi connectivity index (χ0) is 16.7. The maximum absolute atomic E-state index is 12.0. The van der Waals surface area contributed by atoms with Gasteiger partial charge in [-0.15, -0.1) is 0 Å². The lowest BCUT2D eigenvalue weighted by Gasteiger charge is -2.10. The Kier molecular flexibility index (Phi) is 5.62. The molecule has 0 saturated carbocycles. The third-order valence-electron chi connectivity index (χ3n) is 3.02. The molecule has 0 radical (unpaired) electrons. The second-order valence-electron chi connectivity index (χ2n) is 4.96.